The van der Waals surface area contributed by atoms with Gasteiger partial charge < -0.3 is 20.5 Å². The van der Waals surface area contributed by atoms with E-state index in [-0.39, 0.29) is 12.8 Å². The molecule has 8 nitrogen and oxygen atoms in total. The molecule has 0 saturated heterocycles. The van der Waals surface area contributed by atoms with Crippen LogP contribution in [0.4, 0.5) is 10.5 Å². The lowest BCUT2D eigenvalue weighted by atomic mass is 10.1. The van der Waals surface area contributed by atoms with Gasteiger partial charge in [0.05, 0.1) is 19.0 Å². The summed E-state index contributed by atoms with van der Waals surface area (Å²) in [6.45, 7) is 1.81. The average Bonchev–Trinajstić information content (AvgIpc) is 2.42. The van der Waals surface area contributed by atoms with Gasteiger partial charge in [-0.3, -0.25) is 9.78 Å². The topological polar surface area (TPSA) is 118 Å². The van der Waals surface area contributed by atoms with E-state index in [4.69, 9.17) is 5.11 Å². The van der Waals surface area contributed by atoms with E-state index in [0.29, 0.717) is 5.69 Å². The lowest BCUT2D eigenvalue weighted by Crippen LogP contribution is -2.43. The highest BCUT2D eigenvalue weighted by molar-refractivity contribution is 5.92. The molecule has 0 fully saturated rings. The van der Waals surface area contributed by atoms with E-state index in [1.54, 1.807) is 12.3 Å². The summed E-state index contributed by atoms with van der Waals surface area (Å²) in [4.78, 5) is 37.7. The largest absolute Gasteiger partial charge is 0.480 e. The Kier molecular flexibility index (Phi) is 6.12. The molecule has 3 N–H and O–H groups in total. The number of nitrogens with zero attached hydrogens (tertiary/aromatic N) is 1. The average molecular weight is 295 g/mol. The molecule has 21 heavy (non-hydrogen) atoms. The van der Waals surface area contributed by atoms with Gasteiger partial charge in [-0.05, 0) is 25.0 Å². The summed E-state index contributed by atoms with van der Waals surface area (Å²) < 4.78 is 4.43. The molecular weight excluding hydrogens is 278 g/mol. The lowest BCUT2D eigenvalue weighted by molar-refractivity contribution is -0.142. The van der Waals surface area contributed by atoms with Crippen LogP contribution in [0, 0.1) is 6.92 Å². The summed E-state index contributed by atoms with van der Waals surface area (Å²) in [5.74, 6) is -1.76. The van der Waals surface area contributed by atoms with E-state index in [0.717, 1.165) is 5.56 Å². The minimum Gasteiger partial charge on any atom is -0.480 e. The number of nitrogens with one attached hydrogen (secondary N) is 2. The molecule has 0 aliphatic carbocycles. The molecule has 0 aromatic carbocycles. The summed E-state index contributed by atoms with van der Waals surface area (Å²) in [5, 5.41) is 13.8. The molecular formula is C13H17N3O5. The Labute approximate surface area is 121 Å². The number of ether oxygens (including phenoxy) is 1. The van der Waals surface area contributed by atoms with Gasteiger partial charge in [0.15, 0.2) is 0 Å². The maximum atomic E-state index is 11.7. The Hall–Kier alpha value is -2.64. The Morgan fingerprint density at radius 2 is 2.10 bits per heavy atom. The van der Waals surface area contributed by atoms with Gasteiger partial charge in [0.2, 0.25) is 0 Å². The summed E-state index contributed by atoms with van der Waals surface area (Å²) in [6.07, 6.45) is 2.91. The number of hydrogen-bond donors (Lipinski definition) is 3. The minimum atomic E-state index is -1.23. The summed E-state index contributed by atoms with van der Waals surface area (Å²) >= 11 is 0. The predicted molar refractivity (Wildman–Crippen MR) is 73.8 cm³/mol. The number of carbonyl (C=O) groups excluding carboxylic acids is 2. The second kappa shape index (κ2) is 7.83. The van der Waals surface area contributed by atoms with Gasteiger partial charge in [0.1, 0.15) is 6.04 Å². The van der Waals surface area contributed by atoms with Crippen molar-refractivity contribution in [3.63, 3.8) is 0 Å². The molecule has 0 radical (unpaired) electrons. The fourth-order valence-electron chi connectivity index (χ4n) is 1.57. The predicted octanol–water partition coefficient (Wildman–Crippen LogP) is 0.918. The highest BCUT2D eigenvalue weighted by Gasteiger charge is 2.21. The zero-order valence-corrected chi connectivity index (χ0v) is 11.8. The zero-order chi connectivity index (χ0) is 15.8. The first-order valence-corrected chi connectivity index (χ1v) is 6.21. The molecule has 0 unspecified atom stereocenters. The summed E-state index contributed by atoms with van der Waals surface area (Å²) in [7, 11) is 1.21. The maximum Gasteiger partial charge on any atom is 0.326 e. The van der Waals surface area contributed by atoms with E-state index in [2.05, 4.69) is 20.4 Å². The van der Waals surface area contributed by atoms with Crippen LogP contribution in [0.15, 0.2) is 18.5 Å². The number of carboxylic acid groups (broad SMARTS) is 1. The number of esters is 1. The Morgan fingerprint density at radius 3 is 2.67 bits per heavy atom. The van der Waals surface area contributed by atoms with Crippen molar-refractivity contribution in [2.45, 2.75) is 25.8 Å². The van der Waals surface area contributed by atoms with E-state index in [1.807, 2.05) is 6.92 Å². The number of aryl methyl sites for hydroxylation is 1. The van der Waals surface area contributed by atoms with Crippen LogP contribution in [0.25, 0.3) is 0 Å². The molecule has 1 aromatic heterocycles. The third kappa shape index (κ3) is 5.89. The summed E-state index contributed by atoms with van der Waals surface area (Å²) in [6, 6.07) is -0.168. The zero-order valence-electron chi connectivity index (χ0n) is 11.8. The first-order chi connectivity index (χ1) is 9.92. The van der Waals surface area contributed by atoms with Crippen molar-refractivity contribution in [2.24, 2.45) is 0 Å². The molecule has 8 heteroatoms. The molecule has 1 aromatic rings. The first-order valence-electron chi connectivity index (χ1n) is 6.21. The first kappa shape index (κ1) is 16.4. The molecule has 1 atom stereocenters. The van der Waals surface area contributed by atoms with Crippen LogP contribution < -0.4 is 10.6 Å². The van der Waals surface area contributed by atoms with Crippen LogP contribution in [0.1, 0.15) is 18.4 Å². The SMILES string of the molecule is COC(=O)CC[C@@H](NC(=O)Nc1cncc(C)c1)C(=O)O. The van der Waals surface area contributed by atoms with Gasteiger partial charge in [-0.2, -0.15) is 0 Å². The highest BCUT2D eigenvalue weighted by atomic mass is 16.5. The highest BCUT2D eigenvalue weighted by Crippen LogP contribution is 2.07. The number of hydrogen-bond acceptors (Lipinski definition) is 5. The maximum absolute atomic E-state index is 11.7. The van der Waals surface area contributed by atoms with Gasteiger partial charge in [-0.1, -0.05) is 0 Å². The van der Waals surface area contributed by atoms with Gasteiger partial charge in [0.25, 0.3) is 0 Å². The van der Waals surface area contributed by atoms with Crippen molar-refractivity contribution in [1.29, 1.82) is 0 Å². The molecule has 0 spiro atoms. The minimum absolute atomic E-state index is 0.0541. The van der Waals surface area contributed by atoms with Crippen molar-refractivity contribution >= 4 is 23.7 Å². The second-order valence-corrected chi connectivity index (χ2v) is 4.36. The quantitative estimate of drug-likeness (QED) is 0.672. The number of urea groups is 1. The molecule has 2 amide bonds. The van der Waals surface area contributed by atoms with E-state index in [1.165, 1.54) is 13.3 Å². The molecule has 1 heterocycles. The second-order valence-electron chi connectivity index (χ2n) is 4.36. The number of rotatable bonds is 6. The van der Waals surface area contributed by atoms with Crippen LogP contribution in [-0.2, 0) is 14.3 Å². The van der Waals surface area contributed by atoms with E-state index in [9.17, 15) is 14.4 Å². The van der Waals surface area contributed by atoms with Crippen LogP contribution >= 0.6 is 0 Å². The fourth-order valence-corrected chi connectivity index (χ4v) is 1.57. The Bertz CT molecular complexity index is 532. The number of carbonyl (C=O) groups is 3. The van der Waals surface area contributed by atoms with Gasteiger partial charge in [0, 0.05) is 12.6 Å². The fraction of sp³-hybridized carbons (Fsp3) is 0.385. The third-order valence-corrected chi connectivity index (χ3v) is 2.60. The van der Waals surface area contributed by atoms with Crippen molar-refractivity contribution in [1.82, 2.24) is 10.3 Å². The molecule has 0 aliphatic heterocycles. The number of pyridine rings is 1. The van der Waals surface area contributed by atoms with Gasteiger partial charge in [-0.25, -0.2) is 9.59 Å². The Balaban J connectivity index is 2.56. The molecule has 1 rings (SSSR count). The number of anilines is 1. The van der Waals surface area contributed by atoms with Crippen LogP contribution in [0.2, 0.25) is 0 Å². The summed E-state index contributed by atoms with van der Waals surface area (Å²) in [5.41, 5.74) is 1.30. The van der Waals surface area contributed by atoms with Crippen LogP contribution in [0.3, 0.4) is 0 Å². The molecule has 0 saturated carbocycles. The third-order valence-electron chi connectivity index (χ3n) is 2.60. The van der Waals surface area contributed by atoms with E-state index >= 15 is 0 Å². The van der Waals surface area contributed by atoms with E-state index < -0.39 is 24.0 Å². The number of methoxy groups -OCH3 is 1. The normalized spacial score (nSPS) is 11.3. The van der Waals surface area contributed by atoms with Gasteiger partial charge >= 0.3 is 18.0 Å². The molecule has 114 valence electrons. The van der Waals surface area contributed by atoms with Crippen molar-refractivity contribution < 1.29 is 24.2 Å². The van der Waals surface area contributed by atoms with Crippen molar-refractivity contribution in [3.05, 3.63) is 24.0 Å². The lowest BCUT2D eigenvalue weighted by Gasteiger charge is -2.14. The smallest absolute Gasteiger partial charge is 0.326 e. The van der Waals surface area contributed by atoms with Crippen molar-refractivity contribution in [3.8, 4) is 0 Å². The Morgan fingerprint density at radius 1 is 1.38 bits per heavy atom. The van der Waals surface area contributed by atoms with Gasteiger partial charge in [-0.15, -0.1) is 0 Å². The van der Waals surface area contributed by atoms with Crippen molar-refractivity contribution in [2.75, 3.05) is 12.4 Å². The number of aliphatic carboxylic acids is 1. The number of amides is 2. The monoisotopic (exact) mass is 295 g/mol. The number of carboxylic acids is 1. The van der Waals surface area contributed by atoms with Crippen LogP contribution in [0.5, 0.6) is 0 Å². The number of aromatic nitrogens is 1. The molecule has 0 bridgehead atoms. The standard InChI is InChI=1S/C13H17N3O5/c1-8-5-9(7-14-6-8)15-13(20)16-10(12(18)19)3-4-11(17)21-2/h5-7,10H,3-4H2,1-2H3,(H,18,19)(H2,15,16,20)/t10-/m1/s1. The van der Waals surface area contributed by atoms with Crippen LogP contribution in [-0.4, -0.2) is 41.2 Å². The molecule has 0 aliphatic rings.